The smallest absolute Gasteiger partial charge is 0.248 e. The van der Waals surface area contributed by atoms with E-state index in [0.717, 1.165) is 0 Å². The zero-order valence-electron chi connectivity index (χ0n) is 10.6. The van der Waals surface area contributed by atoms with Gasteiger partial charge in [0.1, 0.15) is 5.69 Å². The summed E-state index contributed by atoms with van der Waals surface area (Å²) in [5, 5.41) is 2.78. The van der Waals surface area contributed by atoms with Crippen LogP contribution in [0.4, 0.5) is 0 Å². The normalized spacial score (nSPS) is 13.3. The van der Waals surface area contributed by atoms with Crippen molar-refractivity contribution in [3.05, 3.63) is 45.0 Å². The van der Waals surface area contributed by atoms with Crippen molar-refractivity contribution in [3.8, 4) is 11.8 Å². The van der Waals surface area contributed by atoms with Crippen LogP contribution < -0.4 is 10.9 Å². The molecule has 1 aromatic heterocycles. The van der Waals surface area contributed by atoms with Gasteiger partial charge in [0.15, 0.2) is 5.78 Å². The number of rotatable bonds is 2. The molecule has 0 amide bonds. The molecule has 0 atom stereocenters. The highest BCUT2D eigenvalue weighted by Crippen LogP contribution is 2.19. The number of nitrogens with one attached hydrogen (secondary N) is 2. The van der Waals surface area contributed by atoms with E-state index in [4.69, 9.17) is 0 Å². The number of H-pyrrole nitrogens is 1. The van der Waals surface area contributed by atoms with Gasteiger partial charge in [0.2, 0.25) is 11.3 Å². The third kappa shape index (κ3) is 2.33. The van der Waals surface area contributed by atoms with Crippen LogP contribution in [-0.2, 0) is 0 Å². The number of Topliss-reactive ketones (excluding diaryl/α,β-unsaturated/α-hetero) is 1. The van der Waals surface area contributed by atoms with Crippen molar-refractivity contribution < 1.29 is 9.59 Å². The van der Waals surface area contributed by atoms with E-state index >= 15 is 0 Å². The lowest BCUT2D eigenvalue weighted by atomic mass is 9.94. The molecule has 19 heavy (non-hydrogen) atoms. The van der Waals surface area contributed by atoms with Crippen molar-refractivity contribution in [2.75, 3.05) is 6.54 Å². The van der Waals surface area contributed by atoms with E-state index in [9.17, 15) is 14.4 Å². The Labute approximate surface area is 109 Å². The molecule has 1 aromatic rings. The fourth-order valence-electron chi connectivity index (χ4n) is 1.94. The Bertz CT molecular complexity index is 714. The van der Waals surface area contributed by atoms with Crippen LogP contribution in [0.3, 0.4) is 0 Å². The molecular formula is C14H12N2O3. The lowest BCUT2D eigenvalue weighted by molar-refractivity contribution is 0.0974. The van der Waals surface area contributed by atoms with Crippen LogP contribution in [-0.4, -0.2) is 23.1 Å². The number of allylic oxidation sites excluding steroid dienone is 2. The van der Waals surface area contributed by atoms with E-state index in [-0.39, 0.29) is 29.3 Å². The first kappa shape index (κ1) is 12.8. The summed E-state index contributed by atoms with van der Waals surface area (Å²) in [6.07, 6.45) is 1.24. The monoisotopic (exact) mass is 256 g/mol. The van der Waals surface area contributed by atoms with Crippen LogP contribution in [0.1, 0.15) is 33.3 Å². The summed E-state index contributed by atoms with van der Waals surface area (Å²) in [6.45, 7) is 3.58. The summed E-state index contributed by atoms with van der Waals surface area (Å²) in [5.74, 6) is 4.73. The first-order valence-corrected chi connectivity index (χ1v) is 5.72. The maximum absolute atomic E-state index is 12.2. The number of carbonyl (C=O) groups excluding carboxylic acids is 2. The van der Waals surface area contributed by atoms with Gasteiger partial charge in [-0.25, -0.2) is 0 Å². The van der Waals surface area contributed by atoms with E-state index in [1.807, 2.05) is 0 Å². The molecule has 2 rings (SSSR count). The standard InChI is InChI=1S/C14H12N2O3/c1-3-4-5-15-9-7-10(17)12-8(2)6-11(18)16-13(12)14(9)19/h6-7,15H,5H2,1-2H3,(H,16,18). The molecule has 0 radical (unpaired) electrons. The molecule has 0 saturated heterocycles. The van der Waals surface area contributed by atoms with Crippen molar-refractivity contribution >= 4 is 11.6 Å². The SMILES string of the molecule is CC#CCNC1=CC(=O)c2c(C)cc(=O)[nH]c2C1=O. The predicted molar refractivity (Wildman–Crippen MR) is 70.0 cm³/mol. The number of hydrogen-bond acceptors (Lipinski definition) is 4. The van der Waals surface area contributed by atoms with Gasteiger partial charge in [0.05, 0.1) is 17.8 Å². The maximum atomic E-state index is 12.2. The summed E-state index contributed by atoms with van der Waals surface area (Å²) in [4.78, 5) is 38.0. The van der Waals surface area contributed by atoms with Crippen molar-refractivity contribution in [3.63, 3.8) is 0 Å². The fourth-order valence-corrected chi connectivity index (χ4v) is 1.94. The molecule has 5 nitrogen and oxygen atoms in total. The van der Waals surface area contributed by atoms with Crippen LogP contribution in [0.25, 0.3) is 0 Å². The number of hydrogen-bond donors (Lipinski definition) is 2. The van der Waals surface area contributed by atoms with Gasteiger partial charge in [-0.15, -0.1) is 5.92 Å². The number of carbonyl (C=O) groups is 2. The Morgan fingerprint density at radius 3 is 2.74 bits per heavy atom. The number of ketones is 2. The van der Waals surface area contributed by atoms with Crippen LogP contribution >= 0.6 is 0 Å². The third-order valence-corrected chi connectivity index (χ3v) is 2.78. The highest BCUT2D eigenvalue weighted by molar-refractivity contribution is 6.23. The molecule has 1 aliphatic carbocycles. The second kappa shape index (κ2) is 4.94. The molecule has 0 aliphatic heterocycles. The van der Waals surface area contributed by atoms with Gasteiger partial charge in [-0.2, -0.15) is 0 Å². The Morgan fingerprint density at radius 2 is 2.05 bits per heavy atom. The Hall–Kier alpha value is -2.61. The van der Waals surface area contributed by atoms with Crippen molar-refractivity contribution in [1.82, 2.24) is 10.3 Å². The minimum Gasteiger partial charge on any atom is -0.371 e. The lowest BCUT2D eigenvalue weighted by Gasteiger charge is -2.16. The predicted octanol–water partition coefficient (Wildman–Crippen LogP) is 0.559. The van der Waals surface area contributed by atoms with E-state index in [1.54, 1.807) is 13.8 Å². The summed E-state index contributed by atoms with van der Waals surface area (Å²) < 4.78 is 0. The second-order valence-corrected chi connectivity index (χ2v) is 4.10. The van der Waals surface area contributed by atoms with Crippen LogP contribution in [0.5, 0.6) is 0 Å². The minimum absolute atomic E-state index is 0.0458. The molecule has 0 unspecified atom stereocenters. The molecule has 1 heterocycles. The Balaban J connectivity index is 2.46. The van der Waals surface area contributed by atoms with E-state index < -0.39 is 11.3 Å². The molecule has 0 saturated carbocycles. The minimum atomic E-state index is -0.396. The van der Waals surface area contributed by atoms with Gasteiger partial charge >= 0.3 is 0 Å². The summed E-state index contributed by atoms with van der Waals surface area (Å²) in [6, 6.07) is 1.30. The van der Waals surface area contributed by atoms with E-state index in [2.05, 4.69) is 22.1 Å². The van der Waals surface area contributed by atoms with E-state index in [0.29, 0.717) is 5.56 Å². The average molecular weight is 256 g/mol. The van der Waals surface area contributed by atoms with Gasteiger partial charge in [0, 0.05) is 12.1 Å². The lowest BCUT2D eigenvalue weighted by Crippen LogP contribution is -2.30. The molecule has 0 aromatic carbocycles. The molecule has 96 valence electrons. The molecule has 0 fully saturated rings. The molecular weight excluding hydrogens is 244 g/mol. The molecule has 1 aliphatic rings. The molecule has 0 bridgehead atoms. The van der Waals surface area contributed by atoms with Gasteiger partial charge in [-0.1, -0.05) is 5.92 Å². The number of aromatic amines is 1. The van der Waals surface area contributed by atoms with Crippen LogP contribution in [0.2, 0.25) is 0 Å². The number of pyridine rings is 1. The maximum Gasteiger partial charge on any atom is 0.248 e. The second-order valence-electron chi connectivity index (χ2n) is 4.10. The fraction of sp³-hybridized carbons (Fsp3) is 0.214. The first-order chi connectivity index (χ1) is 9.04. The summed E-state index contributed by atoms with van der Waals surface area (Å²) in [7, 11) is 0. The largest absolute Gasteiger partial charge is 0.371 e. The highest BCUT2D eigenvalue weighted by Gasteiger charge is 2.27. The Morgan fingerprint density at radius 1 is 1.32 bits per heavy atom. The third-order valence-electron chi connectivity index (χ3n) is 2.78. The van der Waals surface area contributed by atoms with Gasteiger partial charge in [-0.3, -0.25) is 14.4 Å². The zero-order valence-corrected chi connectivity index (χ0v) is 10.6. The number of fused-ring (bicyclic) bond motifs is 1. The van der Waals surface area contributed by atoms with Crippen molar-refractivity contribution in [1.29, 1.82) is 0 Å². The van der Waals surface area contributed by atoms with Gasteiger partial charge in [-0.05, 0) is 19.4 Å². The van der Waals surface area contributed by atoms with Gasteiger partial charge < -0.3 is 10.3 Å². The van der Waals surface area contributed by atoms with Crippen LogP contribution in [0, 0.1) is 18.8 Å². The van der Waals surface area contributed by atoms with Crippen LogP contribution in [0.15, 0.2) is 22.6 Å². The first-order valence-electron chi connectivity index (χ1n) is 5.72. The Kier molecular flexibility index (Phi) is 3.34. The van der Waals surface area contributed by atoms with E-state index in [1.165, 1.54) is 12.1 Å². The summed E-state index contributed by atoms with van der Waals surface area (Å²) in [5.41, 5.74) is 0.565. The van der Waals surface area contributed by atoms with Crippen molar-refractivity contribution in [2.45, 2.75) is 13.8 Å². The number of aryl methyl sites for hydroxylation is 1. The topological polar surface area (TPSA) is 79.0 Å². The summed E-state index contributed by atoms with van der Waals surface area (Å²) >= 11 is 0. The molecule has 2 N–H and O–H groups in total. The number of aromatic nitrogens is 1. The van der Waals surface area contributed by atoms with Gasteiger partial charge in [0.25, 0.3) is 0 Å². The van der Waals surface area contributed by atoms with Crippen molar-refractivity contribution in [2.24, 2.45) is 0 Å². The molecule has 5 heteroatoms. The highest BCUT2D eigenvalue weighted by atomic mass is 16.1. The average Bonchev–Trinajstić information content (AvgIpc) is 2.34. The quantitative estimate of drug-likeness (QED) is 0.758. The zero-order chi connectivity index (χ0) is 14.0. The molecule has 0 spiro atoms.